The average Bonchev–Trinajstić information content (AvgIpc) is 3.07. The number of nitrogens with zero attached hydrogens (tertiary/aromatic N) is 2. The Labute approximate surface area is 175 Å². The van der Waals surface area contributed by atoms with Crippen LogP contribution in [0.5, 0.6) is 0 Å². The van der Waals surface area contributed by atoms with Crippen molar-refractivity contribution in [1.82, 2.24) is 14.5 Å². The lowest BCUT2D eigenvalue weighted by atomic mass is 10.0. The van der Waals surface area contributed by atoms with Crippen LogP contribution in [0.4, 0.5) is 5.69 Å². The number of H-pyrrole nitrogens is 1. The number of amides is 1. The van der Waals surface area contributed by atoms with Crippen molar-refractivity contribution in [2.45, 2.75) is 58.2 Å². The molecule has 1 amide bonds. The largest absolute Gasteiger partial charge is 0.353 e. The Balaban J connectivity index is 1.78. The molecule has 0 aliphatic carbocycles. The molecule has 6 nitrogen and oxygen atoms in total. The van der Waals surface area contributed by atoms with E-state index in [2.05, 4.69) is 29.1 Å². The van der Waals surface area contributed by atoms with Gasteiger partial charge in [0.1, 0.15) is 5.52 Å². The van der Waals surface area contributed by atoms with Gasteiger partial charge in [-0.3, -0.25) is 14.2 Å². The van der Waals surface area contributed by atoms with Crippen LogP contribution < -0.4 is 10.9 Å². The fraction of sp³-hybridized carbons (Fsp3) is 0.409. The lowest BCUT2D eigenvalue weighted by Crippen LogP contribution is -2.26. The molecule has 154 valence electrons. The maximum atomic E-state index is 13.0. The molecule has 0 saturated heterocycles. The lowest BCUT2D eigenvalue weighted by Gasteiger charge is -2.17. The maximum absolute atomic E-state index is 13.0. The summed E-state index contributed by atoms with van der Waals surface area (Å²) < 4.78 is 1.69. The summed E-state index contributed by atoms with van der Waals surface area (Å²) in [6.45, 7) is 10.2. The fourth-order valence-corrected chi connectivity index (χ4v) is 4.04. The number of aryl methyl sites for hydroxylation is 1. The predicted octanol–water partition coefficient (Wildman–Crippen LogP) is 4.86. The zero-order valence-electron chi connectivity index (χ0n) is 17.6. The Hall–Kier alpha value is -2.54. The molecule has 0 aliphatic rings. The van der Waals surface area contributed by atoms with E-state index in [1.807, 2.05) is 51.1 Å². The summed E-state index contributed by atoms with van der Waals surface area (Å²) in [6, 6.07) is 9.74. The monoisotopic (exact) mass is 412 g/mol. The van der Waals surface area contributed by atoms with Crippen molar-refractivity contribution in [2.75, 3.05) is 11.1 Å². The molecule has 29 heavy (non-hydrogen) atoms. The molecular formula is C22H28N4O2S. The highest BCUT2D eigenvalue weighted by Gasteiger charge is 2.18. The number of anilines is 1. The number of fused-ring (bicyclic) bond motifs is 1. The zero-order chi connectivity index (χ0) is 21.1. The van der Waals surface area contributed by atoms with Gasteiger partial charge in [0.05, 0.1) is 11.3 Å². The van der Waals surface area contributed by atoms with Crippen molar-refractivity contribution in [2.24, 2.45) is 0 Å². The second-order valence-electron chi connectivity index (χ2n) is 7.65. The minimum atomic E-state index is -0.123. The minimum Gasteiger partial charge on any atom is -0.353 e. The first-order valence-electron chi connectivity index (χ1n) is 9.94. The van der Waals surface area contributed by atoms with E-state index in [1.165, 1.54) is 17.3 Å². The van der Waals surface area contributed by atoms with Gasteiger partial charge in [-0.05, 0) is 49.9 Å². The van der Waals surface area contributed by atoms with Gasteiger partial charge in [-0.15, -0.1) is 0 Å². The van der Waals surface area contributed by atoms with Gasteiger partial charge in [-0.2, -0.15) is 0 Å². The number of hydrogen-bond acceptors (Lipinski definition) is 4. The third-order valence-electron chi connectivity index (χ3n) is 5.01. The number of aromatic amines is 1. The lowest BCUT2D eigenvalue weighted by molar-refractivity contribution is -0.113. The van der Waals surface area contributed by atoms with E-state index in [0.29, 0.717) is 22.1 Å². The molecular weight excluding hydrogens is 384 g/mol. The third kappa shape index (κ3) is 4.72. The van der Waals surface area contributed by atoms with Gasteiger partial charge in [-0.25, -0.2) is 4.98 Å². The number of benzene rings is 1. The molecule has 3 rings (SSSR count). The van der Waals surface area contributed by atoms with Crippen LogP contribution in [0.25, 0.3) is 11.0 Å². The number of hydrogen-bond donors (Lipinski definition) is 2. The highest BCUT2D eigenvalue weighted by Crippen LogP contribution is 2.23. The SMILES string of the molecule is CC[C@H](C)n1c(SCC(=O)Nc2ccc(C(C)C)cc2)nc2cc(C)[nH]c2c1=O. The van der Waals surface area contributed by atoms with Crippen molar-refractivity contribution in [1.29, 1.82) is 0 Å². The Bertz CT molecular complexity index is 1070. The van der Waals surface area contributed by atoms with Crippen molar-refractivity contribution < 1.29 is 4.79 Å². The van der Waals surface area contributed by atoms with Crippen molar-refractivity contribution >= 4 is 34.4 Å². The second-order valence-corrected chi connectivity index (χ2v) is 8.60. The van der Waals surface area contributed by atoms with Gasteiger partial charge in [0.2, 0.25) is 5.91 Å². The van der Waals surface area contributed by atoms with Crippen LogP contribution in [0.1, 0.15) is 57.3 Å². The standard InChI is InChI=1S/C22H28N4O2S/c1-6-15(5)26-21(28)20-18(11-14(4)23-20)25-22(26)29-12-19(27)24-17-9-7-16(8-10-17)13(2)3/h7-11,13,15,23H,6,12H2,1-5H3,(H,24,27)/t15-/m0/s1. The van der Waals surface area contributed by atoms with E-state index in [4.69, 9.17) is 0 Å². The van der Waals surface area contributed by atoms with Gasteiger partial charge >= 0.3 is 0 Å². The molecule has 0 bridgehead atoms. The molecule has 1 atom stereocenters. The molecule has 1 aromatic carbocycles. The van der Waals surface area contributed by atoms with Crippen LogP contribution in [0.2, 0.25) is 0 Å². The molecule has 2 N–H and O–H groups in total. The smallest absolute Gasteiger partial charge is 0.278 e. The maximum Gasteiger partial charge on any atom is 0.278 e. The number of rotatable bonds is 7. The molecule has 3 aromatic rings. The van der Waals surface area contributed by atoms with E-state index in [0.717, 1.165) is 17.8 Å². The first-order valence-corrected chi connectivity index (χ1v) is 10.9. The van der Waals surface area contributed by atoms with Crippen molar-refractivity contribution in [3.63, 3.8) is 0 Å². The molecule has 7 heteroatoms. The average molecular weight is 413 g/mol. The zero-order valence-corrected chi connectivity index (χ0v) is 18.4. The first kappa shape index (κ1) is 21.2. The highest BCUT2D eigenvalue weighted by atomic mass is 32.2. The summed E-state index contributed by atoms with van der Waals surface area (Å²) in [5.41, 5.74) is 3.95. The molecule has 0 aliphatic heterocycles. The van der Waals surface area contributed by atoms with Gasteiger partial charge in [-0.1, -0.05) is 44.7 Å². The fourth-order valence-electron chi connectivity index (χ4n) is 3.14. The summed E-state index contributed by atoms with van der Waals surface area (Å²) in [5.74, 6) is 0.511. The molecule has 2 heterocycles. The van der Waals surface area contributed by atoms with Crippen molar-refractivity contribution in [3.8, 4) is 0 Å². The molecule has 2 aromatic heterocycles. The van der Waals surface area contributed by atoms with E-state index in [9.17, 15) is 9.59 Å². The van der Waals surface area contributed by atoms with Gasteiger partial charge < -0.3 is 10.3 Å². The van der Waals surface area contributed by atoms with Crippen LogP contribution in [-0.4, -0.2) is 26.2 Å². The van der Waals surface area contributed by atoms with Gasteiger partial charge in [0.15, 0.2) is 5.16 Å². The Kier molecular flexibility index (Phi) is 6.47. The van der Waals surface area contributed by atoms with E-state index >= 15 is 0 Å². The summed E-state index contributed by atoms with van der Waals surface area (Å²) in [7, 11) is 0. The topological polar surface area (TPSA) is 79.8 Å². The number of aromatic nitrogens is 3. The highest BCUT2D eigenvalue weighted by molar-refractivity contribution is 7.99. The van der Waals surface area contributed by atoms with Crippen LogP contribution in [0.15, 0.2) is 40.3 Å². The number of carbonyl (C=O) groups excluding carboxylic acids is 1. The molecule has 0 radical (unpaired) electrons. The van der Waals surface area contributed by atoms with Crippen LogP contribution in [0, 0.1) is 6.92 Å². The molecule has 0 saturated carbocycles. The number of nitrogens with one attached hydrogen (secondary N) is 2. The van der Waals surface area contributed by atoms with Crippen LogP contribution in [0.3, 0.4) is 0 Å². The molecule has 0 spiro atoms. The van der Waals surface area contributed by atoms with Gasteiger partial charge in [0.25, 0.3) is 5.56 Å². The van der Waals surface area contributed by atoms with Crippen molar-refractivity contribution in [3.05, 3.63) is 51.9 Å². The molecule has 0 fully saturated rings. The summed E-state index contributed by atoms with van der Waals surface area (Å²) in [4.78, 5) is 33.2. The van der Waals surface area contributed by atoms with Crippen LogP contribution in [-0.2, 0) is 4.79 Å². The minimum absolute atomic E-state index is 0.00264. The Morgan fingerprint density at radius 2 is 1.93 bits per heavy atom. The summed E-state index contributed by atoms with van der Waals surface area (Å²) >= 11 is 1.29. The van der Waals surface area contributed by atoms with E-state index < -0.39 is 0 Å². The van der Waals surface area contributed by atoms with Crippen LogP contribution >= 0.6 is 11.8 Å². The van der Waals surface area contributed by atoms with E-state index in [-0.39, 0.29) is 23.3 Å². The van der Waals surface area contributed by atoms with E-state index in [1.54, 1.807) is 4.57 Å². The number of thioether (sulfide) groups is 1. The second kappa shape index (κ2) is 8.86. The Morgan fingerprint density at radius 3 is 2.55 bits per heavy atom. The summed E-state index contributed by atoms with van der Waals surface area (Å²) in [5, 5.41) is 3.49. The molecule has 0 unspecified atom stereocenters. The summed E-state index contributed by atoms with van der Waals surface area (Å²) in [6.07, 6.45) is 0.800. The Morgan fingerprint density at radius 1 is 1.24 bits per heavy atom. The third-order valence-corrected chi connectivity index (χ3v) is 5.96. The quantitative estimate of drug-likeness (QED) is 0.429. The predicted molar refractivity (Wildman–Crippen MR) is 120 cm³/mol. The van der Waals surface area contributed by atoms with Gasteiger partial charge in [0, 0.05) is 17.4 Å². The normalized spacial score (nSPS) is 12.5. The number of carbonyl (C=O) groups is 1. The first-order chi connectivity index (χ1) is 13.8.